The van der Waals surface area contributed by atoms with Gasteiger partial charge in [-0.1, -0.05) is 31.4 Å². The minimum absolute atomic E-state index is 0.293. The first-order valence-corrected chi connectivity index (χ1v) is 6.88. The predicted octanol–water partition coefficient (Wildman–Crippen LogP) is 3.51. The van der Waals surface area contributed by atoms with E-state index in [1.807, 2.05) is 6.92 Å². The van der Waals surface area contributed by atoms with Crippen LogP contribution in [0.25, 0.3) is 0 Å². The smallest absolute Gasteiger partial charge is 0.316 e. The minimum Gasteiger partial charge on any atom is -0.496 e. The van der Waals surface area contributed by atoms with Crippen LogP contribution in [0.2, 0.25) is 5.02 Å². The molecule has 0 aliphatic carbocycles. The quantitative estimate of drug-likeness (QED) is 0.439. The second-order valence-electron chi connectivity index (χ2n) is 4.43. The number of benzene rings is 1. The molecule has 1 aromatic rings. The Hall–Kier alpha value is -1.55. The van der Waals surface area contributed by atoms with Crippen LogP contribution < -0.4 is 4.74 Å². The number of carbonyl (C=O) groups is 2. The van der Waals surface area contributed by atoms with Crippen molar-refractivity contribution in [1.82, 2.24) is 0 Å². The molecule has 0 fully saturated rings. The highest BCUT2D eigenvalue weighted by molar-refractivity contribution is 6.31. The van der Waals surface area contributed by atoms with Crippen LogP contribution in [0.4, 0.5) is 0 Å². The van der Waals surface area contributed by atoms with Crippen molar-refractivity contribution in [1.29, 1.82) is 0 Å². The molecule has 0 heterocycles. The van der Waals surface area contributed by atoms with Crippen LogP contribution in [0.1, 0.15) is 36.5 Å². The van der Waals surface area contributed by atoms with E-state index >= 15 is 0 Å². The zero-order valence-corrected chi connectivity index (χ0v) is 12.7. The number of esters is 1. The maximum Gasteiger partial charge on any atom is 0.316 e. The van der Waals surface area contributed by atoms with E-state index in [0.29, 0.717) is 22.8 Å². The largest absolute Gasteiger partial charge is 0.496 e. The molecule has 4 nitrogen and oxygen atoms in total. The summed E-state index contributed by atoms with van der Waals surface area (Å²) in [6.45, 7) is 2.00. The van der Waals surface area contributed by atoms with Gasteiger partial charge in [0.2, 0.25) is 0 Å². The number of carbonyl (C=O) groups excluding carboxylic acids is 2. The Bertz CT molecular complexity index is 485. The van der Waals surface area contributed by atoms with Crippen molar-refractivity contribution in [2.75, 3.05) is 14.2 Å². The van der Waals surface area contributed by atoms with Gasteiger partial charge in [-0.05, 0) is 24.6 Å². The normalized spacial score (nSPS) is 11.8. The second-order valence-corrected chi connectivity index (χ2v) is 4.86. The molecule has 0 radical (unpaired) electrons. The standard InChI is InChI=1S/C15H19ClO4/c1-4-5-6-12(15(18)20-3)14(17)11-8-7-10(16)9-13(11)19-2/h7-9,12H,4-6H2,1-3H3. The lowest BCUT2D eigenvalue weighted by molar-refractivity contribution is -0.143. The van der Waals surface area contributed by atoms with Gasteiger partial charge in [-0.3, -0.25) is 9.59 Å². The maximum atomic E-state index is 12.5. The van der Waals surface area contributed by atoms with Gasteiger partial charge in [0.05, 0.1) is 19.8 Å². The highest BCUT2D eigenvalue weighted by Crippen LogP contribution is 2.27. The molecule has 0 aromatic heterocycles. The van der Waals surface area contributed by atoms with Gasteiger partial charge in [-0.2, -0.15) is 0 Å². The summed E-state index contributed by atoms with van der Waals surface area (Å²) in [7, 11) is 2.75. The first kappa shape index (κ1) is 16.5. The van der Waals surface area contributed by atoms with Crippen LogP contribution >= 0.6 is 11.6 Å². The fourth-order valence-corrected chi connectivity index (χ4v) is 2.12. The molecule has 0 saturated carbocycles. The third-order valence-electron chi connectivity index (χ3n) is 3.08. The minimum atomic E-state index is -0.796. The van der Waals surface area contributed by atoms with Gasteiger partial charge in [0, 0.05) is 5.02 Å². The van der Waals surface area contributed by atoms with E-state index in [9.17, 15) is 9.59 Å². The summed E-state index contributed by atoms with van der Waals surface area (Å²) in [6, 6.07) is 4.74. The molecule has 1 rings (SSSR count). The Morgan fingerprint density at radius 3 is 2.55 bits per heavy atom. The van der Waals surface area contributed by atoms with Crippen LogP contribution in [0.3, 0.4) is 0 Å². The van der Waals surface area contributed by atoms with E-state index in [0.717, 1.165) is 12.8 Å². The van der Waals surface area contributed by atoms with Gasteiger partial charge in [0.1, 0.15) is 11.7 Å². The van der Waals surface area contributed by atoms with Gasteiger partial charge >= 0.3 is 5.97 Å². The molecule has 20 heavy (non-hydrogen) atoms. The van der Waals surface area contributed by atoms with Crippen molar-refractivity contribution in [2.24, 2.45) is 5.92 Å². The van der Waals surface area contributed by atoms with Crippen molar-refractivity contribution >= 4 is 23.4 Å². The molecule has 0 spiro atoms. The summed E-state index contributed by atoms with van der Waals surface area (Å²) in [5, 5.41) is 0.474. The molecule has 0 amide bonds. The summed E-state index contributed by atoms with van der Waals surface area (Å²) in [5.74, 6) is -1.23. The van der Waals surface area contributed by atoms with Crippen molar-refractivity contribution in [2.45, 2.75) is 26.2 Å². The summed E-state index contributed by atoms with van der Waals surface area (Å²) in [5.41, 5.74) is 0.350. The average Bonchev–Trinajstić information content (AvgIpc) is 2.46. The topological polar surface area (TPSA) is 52.6 Å². The lowest BCUT2D eigenvalue weighted by Gasteiger charge is -2.15. The SMILES string of the molecule is CCCCC(C(=O)OC)C(=O)c1ccc(Cl)cc1OC. The van der Waals surface area contributed by atoms with E-state index in [2.05, 4.69) is 0 Å². The van der Waals surface area contributed by atoms with Crippen LogP contribution in [-0.4, -0.2) is 26.0 Å². The maximum absolute atomic E-state index is 12.5. The third kappa shape index (κ3) is 3.97. The van der Waals surface area contributed by atoms with Crippen molar-refractivity contribution in [3.63, 3.8) is 0 Å². The third-order valence-corrected chi connectivity index (χ3v) is 3.31. The Morgan fingerprint density at radius 2 is 2.00 bits per heavy atom. The molecule has 1 aromatic carbocycles. The number of ketones is 1. The molecule has 0 N–H and O–H groups in total. The Labute approximate surface area is 124 Å². The summed E-state index contributed by atoms with van der Waals surface area (Å²) in [6.07, 6.45) is 2.15. The van der Waals surface area contributed by atoms with Gasteiger partial charge < -0.3 is 9.47 Å². The van der Waals surface area contributed by atoms with E-state index in [4.69, 9.17) is 21.1 Å². The molecule has 0 aliphatic heterocycles. The van der Waals surface area contributed by atoms with E-state index in [-0.39, 0.29) is 5.78 Å². The van der Waals surface area contributed by atoms with Crippen molar-refractivity contribution < 1.29 is 19.1 Å². The average molecular weight is 299 g/mol. The van der Waals surface area contributed by atoms with Gasteiger partial charge in [0.25, 0.3) is 0 Å². The van der Waals surface area contributed by atoms with Crippen LogP contribution in [0.15, 0.2) is 18.2 Å². The first-order valence-electron chi connectivity index (χ1n) is 6.50. The van der Waals surface area contributed by atoms with Gasteiger partial charge in [-0.25, -0.2) is 0 Å². The molecular formula is C15H19ClO4. The molecule has 1 unspecified atom stereocenters. The van der Waals surface area contributed by atoms with Crippen LogP contribution in [-0.2, 0) is 9.53 Å². The Balaban J connectivity index is 3.08. The van der Waals surface area contributed by atoms with E-state index in [1.165, 1.54) is 14.2 Å². The Morgan fingerprint density at radius 1 is 1.30 bits per heavy atom. The molecule has 0 aliphatic rings. The highest BCUT2D eigenvalue weighted by atomic mass is 35.5. The number of hydrogen-bond acceptors (Lipinski definition) is 4. The zero-order valence-electron chi connectivity index (χ0n) is 11.9. The lowest BCUT2D eigenvalue weighted by Crippen LogP contribution is -2.26. The molecule has 0 saturated heterocycles. The zero-order chi connectivity index (χ0) is 15.1. The second kappa shape index (κ2) is 7.90. The number of halogens is 1. The number of Topliss-reactive ketones (excluding diaryl/α,β-unsaturated/α-hetero) is 1. The highest BCUT2D eigenvalue weighted by Gasteiger charge is 2.29. The molecular weight excluding hydrogens is 280 g/mol. The first-order chi connectivity index (χ1) is 9.54. The Kier molecular flexibility index (Phi) is 6.52. The number of methoxy groups -OCH3 is 2. The number of ether oxygens (including phenoxy) is 2. The molecule has 110 valence electrons. The van der Waals surface area contributed by atoms with Crippen molar-refractivity contribution in [3.05, 3.63) is 28.8 Å². The van der Waals surface area contributed by atoms with Gasteiger partial charge in [-0.15, -0.1) is 0 Å². The van der Waals surface area contributed by atoms with Crippen molar-refractivity contribution in [3.8, 4) is 5.75 Å². The molecule has 1 atom stereocenters. The summed E-state index contributed by atoms with van der Waals surface area (Å²) in [4.78, 5) is 24.3. The van der Waals surface area contributed by atoms with Crippen LogP contribution in [0.5, 0.6) is 5.75 Å². The fourth-order valence-electron chi connectivity index (χ4n) is 1.96. The van der Waals surface area contributed by atoms with Gasteiger partial charge in [0.15, 0.2) is 5.78 Å². The van der Waals surface area contributed by atoms with E-state index in [1.54, 1.807) is 18.2 Å². The monoisotopic (exact) mass is 298 g/mol. The predicted molar refractivity (Wildman–Crippen MR) is 77.4 cm³/mol. The fraction of sp³-hybridized carbons (Fsp3) is 0.467. The number of unbranched alkanes of at least 4 members (excludes halogenated alkanes) is 1. The summed E-state index contributed by atoms with van der Waals surface area (Å²) < 4.78 is 9.88. The summed E-state index contributed by atoms with van der Waals surface area (Å²) >= 11 is 5.87. The molecule has 0 bridgehead atoms. The van der Waals surface area contributed by atoms with Crippen LogP contribution in [0, 0.1) is 5.92 Å². The number of hydrogen-bond donors (Lipinski definition) is 0. The lowest BCUT2D eigenvalue weighted by atomic mass is 9.92. The molecule has 5 heteroatoms. The van der Waals surface area contributed by atoms with E-state index < -0.39 is 11.9 Å². The number of rotatable bonds is 7.